The molecule has 0 atom stereocenters. The van der Waals surface area contributed by atoms with Crippen LogP contribution in [0.2, 0.25) is 0 Å². The number of benzene rings is 2. The SMILES string of the molecule is CC(=O)N(Oc1ccc(C(=O)/C=C/C(=O)O)cc1C(C)C)c1nc2ccccc2s1. The van der Waals surface area contributed by atoms with Crippen LogP contribution < -0.4 is 9.90 Å². The number of carboxylic acids is 1. The van der Waals surface area contributed by atoms with Gasteiger partial charge in [-0.05, 0) is 42.3 Å². The molecule has 2 aromatic carbocycles. The summed E-state index contributed by atoms with van der Waals surface area (Å²) in [5.41, 5.74) is 1.80. The van der Waals surface area contributed by atoms with E-state index in [1.54, 1.807) is 12.1 Å². The van der Waals surface area contributed by atoms with Gasteiger partial charge in [0, 0.05) is 24.1 Å². The van der Waals surface area contributed by atoms with Crippen LogP contribution in [0.5, 0.6) is 5.75 Å². The third-order valence-corrected chi connectivity index (χ3v) is 5.23. The number of anilines is 1. The van der Waals surface area contributed by atoms with Crippen LogP contribution in [-0.4, -0.2) is 27.8 Å². The fraction of sp³-hybridized carbons (Fsp3) is 0.182. The van der Waals surface area contributed by atoms with Gasteiger partial charge in [0.15, 0.2) is 11.5 Å². The number of hydroxylamine groups is 1. The highest BCUT2D eigenvalue weighted by Gasteiger charge is 2.21. The lowest BCUT2D eigenvalue weighted by molar-refractivity contribution is -0.131. The van der Waals surface area contributed by atoms with Crippen LogP contribution in [0.25, 0.3) is 10.2 Å². The molecule has 0 aliphatic carbocycles. The van der Waals surface area contributed by atoms with Crippen molar-refractivity contribution in [2.24, 2.45) is 0 Å². The van der Waals surface area contributed by atoms with Gasteiger partial charge in [-0.2, -0.15) is 0 Å². The lowest BCUT2D eigenvalue weighted by atomic mass is 9.98. The van der Waals surface area contributed by atoms with Gasteiger partial charge >= 0.3 is 5.97 Å². The maximum atomic E-state index is 12.3. The number of ketones is 1. The predicted octanol–water partition coefficient (Wildman–Crippen LogP) is 4.59. The van der Waals surface area contributed by atoms with Gasteiger partial charge in [-0.3, -0.25) is 9.59 Å². The first-order valence-corrected chi connectivity index (χ1v) is 10.0. The lowest BCUT2D eigenvalue weighted by Crippen LogP contribution is -2.32. The Balaban J connectivity index is 1.95. The van der Waals surface area contributed by atoms with E-state index in [4.69, 9.17) is 9.94 Å². The number of amides is 1. The molecule has 0 unspecified atom stereocenters. The number of rotatable bonds is 7. The van der Waals surface area contributed by atoms with Crippen LogP contribution in [0.4, 0.5) is 5.13 Å². The van der Waals surface area contributed by atoms with E-state index >= 15 is 0 Å². The molecule has 1 amide bonds. The third kappa shape index (κ3) is 4.72. The Kier molecular flexibility index (Phi) is 6.27. The van der Waals surface area contributed by atoms with Gasteiger partial charge in [0.25, 0.3) is 5.91 Å². The van der Waals surface area contributed by atoms with E-state index in [2.05, 4.69) is 4.98 Å². The highest BCUT2D eigenvalue weighted by Crippen LogP contribution is 2.33. The zero-order chi connectivity index (χ0) is 21.8. The molecule has 0 radical (unpaired) electrons. The van der Waals surface area contributed by atoms with E-state index in [-0.39, 0.29) is 11.8 Å². The van der Waals surface area contributed by atoms with Crippen molar-refractivity contribution in [3.05, 3.63) is 65.7 Å². The molecule has 1 aromatic heterocycles. The number of para-hydroxylation sites is 1. The molecule has 0 spiro atoms. The molecule has 154 valence electrons. The summed E-state index contributed by atoms with van der Waals surface area (Å²) in [6.07, 6.45) is 1.80. The minimum Gasteiger partial charge on any atom is -0.478 e. The maximum Gasteiger partial charge on any atom is 0.328 e. The average molecular weight is 424 g/mol. The van der Waals surface area contributed by atoms with Gasteiger partial charge < -0.3 is 9.94 Å². The second-order valence-electron chi connectivity index (χ2n) is 6.81. The number of allylic oxidation sites excluding steroid dienone is 1. The molecule has 0 bridgehead atoms. The normalized spacial score (nSPS) is 11.2. The van der Waals surface area contributed by atoms with Gasteiger partial charge in [0.1, 0.15) is 0 Å². The quantitative estimate of drug-likeness (QED) is 0.338. The molecule has 7 nitrogen and oxygen atoms in total. The second-order valence-corrected chi connectivity index (χ2v) is 7.82. The molecular weight excluding hydrogens is 404 g/mol. The number of thiazole rings is 1. The van der Waals surface area contributed by atoms with Crippen LogP contribution >= 0.6 is 11.3 Å². The van der Waals surface area contributed by atoms with E-state index in [9.17, 15) is 14.4 Å². The Labute approximate surface area is 177 Å². The molecule has 0 saturated heterocycles. The molecule has 8 heteroatoms. The van der Waals surface area contributed by atoms with Crippen molar-refractivity contribution in [2.45, 2.75) is 26.7 Å². The Hall–Kier alpha value is -3.52. The monoisotopic (exact) mass is 424 g/mol. The van der Waals surface area contributed by atoms with Crippen LogP contribution in [-0.2, 0) is 9.59 Å². The summed E-state index contributed by atoms with van der Waals surface area (Å²) in [5.74, 6) is -1.56. The molecule has 0 aliphatic rings. The van der Waals surface area contributed by atoms with Crippen molar-refractivity contribution in [1.29, 1.82) is 0 Å². The number of fused-ring (bicyclic) bond motifs is 1. The summed E-state index contributed by atoms with van der Waals surface area (Å²) < 4.78 is 0.928. The minimum atomic E-state index is -1.19. The summed E-state index contributed by atoms with van der Waals surface area (Å²) >= 11 is 1.33. The van der Waals surface area contributed by atoms with Crippen LogP contribution in [0.3, 0.4) is 0 Å². The molecule has 0 fully saturated rings. The van der Waals surface area contributed by atoms with Crippen LogP contribution in [0.15, 0.2) is 54.6 Å². The van der Waals surface area contributed by atoms with Crippen molar-refractivity contribution in [1.82, 2.24) is 4.98 Å². The standard InChI is InChI=1S/C22H20N2O5S/c1-13(2)16-12-15(18(26)9-11-21(27)28)8-10-19(16)29-24(14(3)25)22-23-17-6-4-5-7-20(17)30-22/h4-13H,1-3H3,(H,27,28)/b11-9+. The van der Waals surface area contributed by atoms with Crippen molar-refractivity contribution in [3.63, 3.8) is 0 Å². The highest BCUT2D eigenvalue weighted by molar-refractivity contribution is 7.22. The second kappa shape index (κ2) is 8.87. The zero-order valence-electron chi connectivity index (χ0n) is 16.7. The average Bonchev–Trinajstić information content (AvgIpc) is 3.13. The Bertz CT molecular complexity index is 1120. The number of aliphatic carboxylic acids is 1. The number of carbonyl (C=O) groups excluding carboxylic acids is 2. The predicted molar refractivity (Wildman–Crippen MR) is 115 cm³/mol. The summed E-state index contributed by atoms with van der Waals surface area (Å²) in [4.78, 5) is 45.5. The molecular formula is C22H20N2O5S. The molecule has 1 N–H and O–H groups in total. The first-order valence-electron chi connectivity index (χ1n) is 9.19. The molecule has 0 aliphatic heterocycles. The molecule has 1 heterocycles. The van der Waals surface area contributed by atoms with Gasteiger partial charge in [0.2, 0.25) is 5.13 Å². The van der Waals surface area contributed by atoms with E-state index in [1.165, 1.54) is 24.3 Å². The van der Waals surface area contributed by atoms with Gasteiger partial charge in [-0.1, -0.05) is 37.3 Å². The lowest BCUT2D eigenvalue weighted by Gasteiger charge is -2.21. The molecule has 3 aromatic rings. The number of aromatic nitrogens is 1. The van der Waals surface area contributed by atoms with Crippen molar-refractivity contribution < 1.29 is 24.3 Å². The third-order valence-electron chi connectivity index (χ3n) is 4.23. The number of hydrogen-bond donors (Lipinski definition) is 1. The Morgan fingerprint density at radius 1 is 1.13 bits per heavy atom. The molecule has 30 heavy (non-hydrogen) atoms. The highest BCUT2D eigenvalue weighted by atomic mass is 32.1. The molecule has 0 saturated carbocycles. The number of hydrogen-bond acceptors (Lipinski definition) is 6. The van der Waals surface area contributed by atoms with E-state index < -0.39 is 11.8 Å². The van der Waals surface area contributed by atoms with Gasteiger partial charge in [0.05, 0.1) is 10.2 Å². The van der Waals surface area contributed by atoms with E-state index in [0.29, 0.717) is 22.0 Å². The van der Waals surface area contributed by atoms with E-state index in [1.807, 2.05) is 38.1 Å². The van der Waals surface area contributed by atoms with Crippen LogP contribution in [0, 0.1) is 0 Å². The van der Waals surface area contributed by atoms with E-state index in [0.717, 1.165) is 27.4 Å². The maximum absolute atomic E-state index is 12.3. The van der Waals surface area contributed by atoms with Gasteiger partial charge in [-0.15, -0.1) is 5.06 Å². The van der Waals surface area contributed by atoms with Crippen LogP contribution in [0.1, 0.15) is 42.6 Å². The topological polar surface area (TPSA) is 96.8 Å². The number of carbonyl (C=O) groups is 3. The zero-order valence-corrected chi connectivity index (χ0v) is 17.5. The fourth-order valence-corrected chi connectivity index (χ4v) is 3.72. The summed E-state index contributed by atoms with van der Waals surface area (Å²) in [6, 6.07) is 12.3. The van der Waals surface area contributed by atoms with Gasteiger partial charge in [-0.25, -0.2) is 9.78 Å². The van der Waals surface area contributed by atoms with Crippen molar-refractivity contribution >= 4 is 44.3 Å². The fourth-order valence-electron chi connectivity index (χ4n) is 2.76. The number of nitrogens with zero attached hydrogens (tertiary/aromatic N) is 2. The van der Waals surface area contributed by atoms with Crippen molar-refractivity contribution in [2.75, 3.05) is 5.06 Å². The Morgan fingerprint density at radius 2 is 1.87 bits per heavy atom. The summed E-state index contributed by atoms with van der Waals surface area (Å²) in [7, 11) is 0. The summed E-state index contributed by atoms with van der Waals surface area (Å²) in [5, 5.41) is 10.2. The van der Waals surface area contributed by atoms with Crippen molar-refractivity contribution in [3.8, 4) is 5.75 Å². The largest absolute Gasteiger partial charge is 0.478 e. The number of carboxylic acid groups (broad SMARTS) is 1. The molecule has 3 rings (SSSR count). The summed E-state index contributed by atoms with van der Waals surface area (Å²) in [6.45, 7) is 5.24. The first kappa shape index (κ1) is 21.2. The Morgan fingerprint density at radius 3 is 2.50 bits per heavy atom. The minimum absolute atomic E-state index is 0.0135. The first-order chi connectivity index (χ1) is 14.3. The smallest absolute Gasteiger partial charge is 0.328 e.